The van der Waals surface area contributed by atoms with E-state index in [0.717, 1.165) is 0 Å². The number of carbonyl (C=O) groups is 3. The van der Waals surface area contributed by atoms with Crippen LogP contribution in [-0.2, 0) is 14.4 Å². The van der Waals surface area contributed by atoms with Crippen molar-refractivity contribution in [3.05, 3.63) is 0 Å². The molecule has 0 radical (unpaired) electrons. The molecule has 0 fully saturated rings. The van der Waals surface area contributed by atoms with E-state index in [1.807, 2.05) is 0 Å². The number of primary amides is 1. The summed E-state index contributed by atoms with van der Waals surface area (Å²) in [7, 11) is 0. The molecule has 1 amide bonds. The maximum Gasteiger partial charge on any atom is 0.316 e. The molecule has 0 rings (SSSR count). The van der Waals surface area contributed by atoms with Gasteiger partial charge < -0.3 is 10.8 Å². The molecule has 0 bridgehead atoms. The Morgan fingerprint density at radius 1 is 1.42 bits per heavy atom. The highest BCUT2D eigenvalue weighted by Crippen LogP contribution is 2.04. The standard InChI is InChI=1S/C7H11NO4/c1-2-4(9)3-5(6(8)10)7(11)12/h5H,2-3H2,1H3,(H2,8,10)(H,11,12). The van der Waals surface area contributed by atoms with Gasteiger partial charge in [-0.3, -0.25) is 14.4 Å². The van der Waals surface area contributed by atoms with E-state index in [4.69, 9.17) is 10.8 Å². The summed E-state index contributed by atoms with van der Waals surface area (Å²) >= 11 is 0. The van der Waals surface area contributed by atoms with E-state index >= 15 is 0 Å². The van der Waals surface area contributed by atoms with E-state index in [9.17, 15) is 14.4 Å². The van der Waals surface area contributed by atoms with Gasteiger partial charge in [-0.05, 0) is 0 Å². The first-order valence-corrected chi connectivity index (χ1v) is 3.52. The number of carboxylic acids is 1. The fraction of sp³-hybridized carbons (Fsp3) is 0.571. The van der Waals surface area contributed by atoms with Crippen LogP contribution in [-0.4, -0.2) is 22.8 Å². The molecule has 5 heteroatoms. The largest absolute Gasteiger partial charge is 0.481 e. The topological polar surface area (TPSA) is 97.5 Å². The van der Waals surface area contributed by atoms with Crippen LogP contribution in [0, 0.1) is 5.92 Å². The highest BCUT2D eigenvalue weighted by Gasteiger charge is 2.25. The van der Waals surface area contributed by atoms with Crippen molar-refractivity contribution in [3.63, 3.8) is 0 Å². The lowest BCUT2D eigenvalue weighted by Crippen LogP contribution is -2.31. The highest BCUT2D eigenvalue weighted by molar-refractivity contribution is 5.99. The van der Waals surface area contributed by atoms with Crippen molar-refractivity contribution in [1.82, 2.24) is 0 Å². The molecule has 5 nitrogen and oxygen atoms in total. The monoisotopic (exact) mass is 173 g/mol. The zero-order valence-electron chi connectivity index (χ0n) is 6.74. The molecule has 1 atom stereocenters. The summed E-state index contributed by atoms with van der Waals surface area (Å²) in [4.78, 5) is 31.6. The first kappa shape index (κ1) is 10.6. The van der Waals surface area contributed by atoms with Crippen LogP contribution in [0.3, 0.4) is 0 Å². The summed E-state index contributed by atoms with van der Waals surface area (Å²) < 4.78 is 0. The Labute approximate surface area is 69.5 Å². The number of Topliss-reactive ketones (excluding diaryl/α,β-unsaturated/α-hetero) is 1. The number of ketones is 1. The van der Waals surface area contributed by atoms with Crippen molar-refractivity contribution < 1.29 is 19.5 Å². The average Bonchev–Trinajstić information content (AvgIpc) is 1.98. The Morgan fingerprint density at radius 2 is 1.92 bits per heavy atom. The van der Waals surface area contributed by atoms with Gasteiger partial charge in [0.1, 0.15) is 11.7 Å². The van der Waals surface area contributed by atoms with Crippen molar-refractivity contribution in [3.8, 4) is 0 Å². The molecule has 0 spiro atoms. The van der Waals surface area contributed by atoms with Crippen molar-refractivity contribution in [1.29, 1.82) is 0 Å². The third kappa shape index (κ3) is 3.14. The van der Waals surface area contributed by atoms with Crippen LogP contribution < -0.4 is 5.73 Å². The van der Waals surface area contributed by atoms with E-state index in [1.54, 1.807) is 6.92 Å². The van der Waals surface area contributed by atoms with Crippen LogP contribution in [0.1, 0.15) is 19.8 Å². The summed E-state index contributed by atoms with van der Waals surface area (Å²) in [5, 5.41) is 8.44. The third-order valence-corrected chi connectivity index (χ3v) is 1.47. The van der Waals surface area contributed by atoms with Gasteiger partial charge in [-0.15, -0.1) is 0 Å². The zero-order valence-corrected chi connectivity index (χ0v) is 6.74. The molecule has 0 aromatic rings. The van der Waals surface area contributed by atoms with E-state index < -0.39 is 17.8 Å². The number of aliphatic carboxylic acids is 1. The highest BCUT2D eigenvalue weighted by atomic mass is 16.4. The molecule has 0 aliphatic carbocycles. The van der Waals surface area contributed by atoms with E-state index in [0.29, 0.717) is 0 Å². The van der Waals surface area contributed by atoms with E-state index in [1.165, 1.54) is 0 Å². The van der Waals surface area contributed by atoms with Crippen LogP contribution >= 0.6 is 0 Å². The molecule has 0 aliphatic rings. The molecule has 12 heavy (non-hydrogen) atoms. The first-order chi connectivity index (χ1) is 5.49. The van der Waals surface area contributed by atoms with Crippen LogP contribution in [0.2, 0.25) is 0 Å². The molecule has 3 N–H and O–H groups in total. The van der Waals surface area contributed by atoms with Crippen LogP contribution in [0.15, 0.2) is 0 Å². The summed E-state index contributed by atoms with van der Waals surface area (Å²) in [5.74, 6) is -3.97. The number of nitrogens with two attached hydrogens (primary N) is 1. The number of hydrogen-bond acceptors (Lipinski definition) is 3. The van der Waals surface area contributed by atoms with Crippen molar-refractivity contribution >= 4 is 17.7 Å². The van der Waals surface area contributed by atoms with Crippen LogP contribution in [0.5, 0.6) is 0 Å². The van der Waals surface area contributed by atoms with Gasteiger partial charge in [-0.25, -0.2) is 0 Å². The maximum atomic E-state index is 10.8. The molecule has 68 valence electrons. The van der Waals surface area contributed by atoms with Gasteiger partial charge in [0.25, 0.3) is 0 Å². The van der Waals surface area contributed by atoms with Gasteiger partial charge >= 0.3 is 5.97 Å². The number of carbonyl (C=O) groups excluding carboxylic acids is 2. The number of rotatable bonds is 5. The average molecular weight is 173 g/mol. The number of amides is 1. The third-order valence-electron chi connectivity index (χ3n) is 1.47. The lowest BCUT2D eigenvalue weighted by molar-refractivity contribution is -0.148. The van der Waals surface area contributed by atoms with Gasteiger partial charge in [0.2, 0.25) is 5.91 Å². The lowest BCUT2D eigenvalue weighted by Gasteiger charge is -2.05. The molecule has 0 heterocycles. The summed E-state index contributed by atoms with van der Waals surface area (Å²) in [6.45, 7) is 1.60. The molecule has 0 saturated carbocycles. The summed E-state index contributed by atoms with van der Waals surface area (Å²) in [5.41, 5.74) is 4.77. The fourth-order valence-corrected chi connectivity index (χ4v) is 0.682. The lowest BCUT2D eigenvalue weighted by atomic mass is 10.0. The molecule has 0 saturated heterocycles. The van der Waals surface area contributed by atoms with E-state index in [-0.39, 0.29) is 18.6 Å². The van der Waals surface area contributed by atoms with Crippen LogP contribution in [0.4, 0.5) is 0 Å². The predicted molar refractivity (Wildman–Crippen MR) is 40.2 cm³/mol. The SMILES string of the molecule is CCC(=O)CC(C(N)=O)C(=O)O. The van der Waals surface area contributed by atoms with Crippen molar-refractivity contribution in [2.45, 2.75) is 19.8 Å². The predicted octanol–water partition coefficient (Wildman–Crippen LogP) is -0.458. The minimum absolute atomic E-state index is 0.219. The minimum atomic E-state index is -1.38. The molecule has 0 aliphatic heterocycles. The zero-order chi connectivity index (χ0) is 9.72. The van der Waals surface area contributed by atoms with E-state index in [2.05, 4.69) is 0 Å². The fourth-order valence-electron chi connectivity index (χ4n) is 0.682. The van der Waals surface area contributed by atoms with Crippen molar-refractivity contribution in [2.24, 2.45) is 11.7 Å². The second-order valence-electron chi connectivity index (χ2n) is 2.39. The van der Waals surface area contributed by atoms with Crippen molar-refractivity contribution in [2.75, 3.05) is 0 Å². The molecule has 0 aromatic carbocycles. The van der Waals surface area contributed by atoms with Gasteiger partial charge in [-0.1, -0.05) is 6.92 Å². The smallest absolute Gasteiger partial charge is 0.316 e. The number of carboxylic acid groups (broad SMARTS) is 1. The van der Waals surface area contributed by atoms with Gasteiger partial charge in [-0.2, -0.15) is 0 Å². The first-order valence-electron chi connectivity index (χ1n) is 3.52. The normalized spacial score (nSPS) is 12.1. The molecule has 1 unspecified atom stereocenters. The second kappa shape index (κ2) is 4.48. The summed E-state index contributed by atoms with van der Waals surface area (Å²) in [6, 6.07) is 0. The Kier molecular flexibility index (Phi) is 3.96. The molecular weight excluding hydrogens is 162 g/mol. The minimum Gasteiger partial charge on any atom is -0.481 e. The van der Waals surface area contributed by atoms with Gasteiger partial charge in [0, 0.05) is 12.8 Å². The molecular formula is C7H11NO4. The number of hydrogen-bond donors (Lipinski definition) is 2. The molecule has 0 aromatic heterocycles. The Hall–Kier alpha value is -1.39. The maximum absolute atomic E-state index is 10.8. The van der Waals surface area contributed by atoms with Gasteiger partial charge in [0.15, 0.2) is 0 Å². The van der Waals surface area contributed by atoms with Crippen LogP contribution in [0.25, 0.3) is 0 Å². The van der Waals surface area contributed by atoms with Gasteiger partial charge in [0.05, 0.1) is 0 Å². The Balaban J connectivity index is 4.24. The summed E-state index contributed by atoms with van der Waals surface area (Å²) in [6.07, 6.45) is -0.0851. The Bertz CT molecular complexity index is 197. The quantitative estimate of drug-likeness (QED) is 0.550. The Morgan fingerprint density at radius 3 is 2.17 bits per heavy atom. The second-order valence-corrected chi connectivity index (χ2v) is 2.39.